The highest BCUT2D eigenvalue weighted by molar-refractivity contribution is 6.19. The van der Waals surface area contributed by atoms with E-state index in [4.69, 9.17) is 16.7 Å². The molecule has 0 aromatic carbocycles. The van der Waals surface area contributed by atoms with Crippen LogP contribution in [0.3, 0.4) is 0 Å². The minimum absolute atomic E-state index is 0.228. The summed E-state index contributed by atoms with van der Waals surface area (Å²) < 4.78 is 0. The Morgan fingerprint density at radius 2 is 2.25 bits per heavy atom. The Hall–Kier alpha value is -0.0500. The van der Waals surface area contributed by atoms with Gasteiger partial charge in [0.1, 0.15) is 0 Å². The van der Waals surface area contributed by atoms with Crippen LogP contribution < -0.4 is 0 Å². The molecule has 0 saturated heterocycles. The number of aliphatic hydroxyl groups is 1. The molecule has 0 atom stereocenters. The van der Waals surface area contributed by atoms with Gasteiger partial charge < -0.3 is 5.11 Å². The second-order valence-corrected chi connectivity index (χ2v) is 3.58. The predicted molar refractivity (Wildman–Crippen MR) is 51.5 cm³/mol. The van der Waals surface area contributed by atoms with Gasteiger partial charge in [0.2, 0.25) is 0 Å². The van der Waals surface area contributed by atoms with Crippen molar-refractivity contribution in [3.8, 4) is 0 Å². The quantitative estimate of drug-likeness (QED) is 0.502. The van der Waals surface area contributed by atoms with E-state index in [2.05, 4.69) is 11.5 Å². The lowest BCUT2D eigenvalue weighted by molar-refractivity contribution is 0.200. The predicted octanol–water partition coefficient (Wildman–Crippen LogP) is 1.24. The summed E-state index contributed by atoms with van der Waals surface area (Å²) in [6.07, 6.45) is 2.52. The van der Waals surface area contributed by atoms with Gasteiger partial charge in [-0.2, -0.15) is 0 Å². The van der Waals surface area contributed by atoms with Crippen molar-refractivity contribution < 1.29 is 5.11 Å². The van der Waals surface area contributed by atoms with Gasteiger partial charge in [0.05, 0.1) is 6.61 Å². The van der Waals surface area contributed by atoms with E-state index in [1.807, 2.05) is 0 Å². The number of aliphatic hydroxyl groups excluding tert-OH is 1. The Kier molecular flexibility index (Phi) is 4.06. The molecular weight excluding hydrogens is 174 g/mol. The summed E-state index contributed by atoms with van der Waals surface area (Å²) in [7, 11) is 0. The highest BCUT2D eigenvalue weighted by Gasteiger charge is 2.28. The fraction of sp³-hybridized carbons (Fsp3) is 0.778. The van der Waals surface area contributed by atoms with Crippen molar-refractivity contribution >= 4 is 11.6 Å². The first-order valence-electron chi connectivity index (χ1n) is 4.35. The molecule has 0 bridgehead atoms. The molecule has 1 saturated carbocycles. The summed E-state index contributed by atoms with van der Waals surface area (Å²) in [5.74, 6) is 0.522. The molecule has 0 spiro atoms. The van der Waals surface area contributed by atoms with Gasteiger partial charge in [-0.05, 0) is 18.4 Å². The van der Waals surface area contributed by atoms with Crippen LogP contribution in [-0.2, 0) is 0 Å². The van der Waals surface area contributed by atoms with Crippen LogP contribution in [0.1, 0.15) is 12.8 Å². The molecule has 1 rings (SSSR count). The summed E-state index contributed by atoms with van der Waals surface area (Å²) in [6, 6.07) is 0.678. The number of nitrogens with zero attached hydrogens (tertiary/aromatic N) is 1. The highest BCUT2D eigenvalue weighted by Crippen LogP contribution is 2.26. The maximum atomic E-state index is 8.79. The van der Waals surface area contributed by atoms with Crippen molar-refractivity contribution in [2.45, 2.75) is 18.9 Å². The number of halogens is 1. The van der Waals surface area contributed by atoms with Gasteiger partial charge in [0, 0.05) is 25.0 Å². The maximum absolute atomic E-state index is 8.79. The van der Waals surface area contributed by atoms with Crippen LogP contribution in [0.5, 0.6) is 0 Å². The van der Waals surface area contributed by atoms with Crippen molar-refractivity contribution in [1.29, 1.82) is 0 Å². The SMILES string of the molecule is C=C(CCl)CN(CCO)C1CC1. The molecule has 1 N–H and O–H groups in total. The van der Waals surface area contributed by atoms with Crippen LogP contribution in [-0.4, -0.2) is 41.6 Å². The number of alkyl halides is 1. The smallest absolute Gasteiger partial charge is 0.0558 e. The lowest BCUT2D eigenvalue weighted by Gasteiger charge is -2.20. The van der Waals surface area contributed by atoms with Crippen molar-refractivity contribution in [3.63, 3.8) is 0 Å². The van der Waals surface area contributed by atoms with Crippen molar-refractivity contribution in [2.24, 2.45) is 0 Å². The Morgan fingerprint density at radius 1 is 1.58 bits per heavy atom. The number of hydrogen-bond acceptors (Lipinski definition) is 2. The summed E-state index contributed by atoms with van der Waals surface area (Å²) in [5, 5.41) is 8.79. The summed E-state index contributed by atoms with van der Waals surface area (Å²) in [6.45, 7) is 5.67. The Bertz CT molecular complexity index is 157. The summed E-state index contributed by atoms with van der Waals surface area (Å²) in [5.41, 5.74) is 1.04. The molecular formula is C9H16ClNO. The monoisotopic (exact) mass is 189 g/mol. The fourth-order valence-electron chi connectivity index (χ4n) is 1.29. The molecule has 0 aromatic heterocycles. The minimum atomic E-state index is 0.228. The molecule has 0 aliphatic heterocycles. The normalized spacial score (nSPS) is 16.9. The van der Waals surface area contributed by atoms with Crippen molar-refractivity contribution in [3.05, 3.63) is 12.2 Å². The molecule has 0 amide bonds. The molecule has 3 heteroatoms. The Balaban J connectivity index is 2.26. The number of rotatable bonds is 6. The van der Waals surface area contributed by atoms with E-state index in [1.165, 1.54) is 12.8 Å². The van der Waals surface area contributed by atoms with E-state index >= 15 is 0 Å². The molecule has 0 heterocycles. The Morgan fingerprint density at radius 3 is 2.67 bits per heavy atom. The van der Waals surface area contributed by atoms with E-state index in [0.29, 0.717) is 11.9 Å². The number of hydrogen-bond donors (Lipinski definition) is 1. The van der Waals surface area contributed by atoms with Crippen LogP contribution in [0.25, 0.3) is 0 Å². The van der Waals surface area contributed by atoms with Gasteiger partial charge in [-0.25, -0.2) is 0 Å². The Labute approximate surface area is 78.8 Å². The molecule has 0 radical (unpaired) electrons. The first-order valence-corrected chi connectivity index (χ1v) is 4.89. The molecule has 1 fully saturated rings. The van der Waals surface area contributed by atoms with E-state index in [0.717, 1.165) is 18.7 Å². The van der Waals surface area contributed by atoms with Gasteiger partial charge in [0.25, 0.3) is 0 Å². The standard InChI is InChI=1S/C9H16ClNO/c1-8(6-10)7-11(4-5-12)9-2-3-9/h9,12H,1-7H2. The van der Waals surface area contributed by atoms with Gasteiger partial charge in [-0.15, -0.1) is 11.6 Å². The molecule has 1 aliphatic rings. The van der Waals surface area contributed by atoms with E-state index in [1.54, 1.807) is 0 Å². The lowest BCUT2D eigenvalue weighted by atomic mass is 10.3. The van der Waals surface area contributed by atoms with Crippen LogP contribution in [0.2, 0.25) is 0 Å². The summed E-state index contributed by atoms with van der Waals surface area (Å²) >= 11 is 5.63. The lowest BCUT2D eigenvalue weighted by Crippen LogP contribution is -2.31. The average Bonchev–Trinajstić information content (AvgIpc) is 2.86. The van der Waals surface area contributed by atoms with Crippen molar-refractivity contribution in [2.75, 3.05) is 25.6 Å². The van der Waals surface area contributed by atoms with Gasteiger partial charge >= 0.3 is 0 Å². The molecule has 12 heavy (non-hydrogen) atoms. The van der Waals surface area contributed by atoms with Crippen molar-refractivity contribution in [1.82, 2.24) is 4.90 Å². The van der Waals surface area contributed by atoms with Gasteiger partial charge in [0.15, 0.2) is 0 Å². The molecule has 2 nitrogen and oxygen atoms in total. The van der Waals surface area contributed by atoms with Crippen LogP contribution in [0.15, 0.2) is 12.2 Å². The summed E-state index contributed by atoms with van der Waals surface area (Å²) in [4.78, 5) is 2.25. The third kappa shape index (κ3) is 3.13. The first-order chi connectivity index (χ1) is 5.77. The van der Waals surface area contributed by atoms with Crippen LogP contribution in [0, 0.1) is 0 Å². The molecule has 0 aromatic rings. The topological polar surface area (TPSA) is 23.5 Å². The third-order valence-electron chi connectivity index (χ3n) is 2.07. The van der Waals surface area contributed by atoms with E-state index in [-0.39, 0.29) is 6.61 Å². The second-order valence-electron chi connectivity index (χ2n) is 3.31. The minimum Gasteiger partial charge on any atom is -0.395 e. The van der Waals surface area contributed by atoms with Gasteiger partial charge in [-0.1, -0.05) is 6.58 Å². The zero-order valence-electron chi connectivity index (χ0n) is 7.30. The maximum Gasteiger partial charge on any atom is 0.0558 e. The highest BCUT2D eigenvalue weighted by atomic mass is 35.5. The fourth-order valence-corrected chi connectivity index (χ4v) is 1.37. The van der Waals surface area contributed by atoms with E-state index in [9.17, 15) is 0 Å². The largest absolute Gasteiger partial charge is 0.395 e. The molecule has 0 unspecified atom stereocenters. The average molecular weight is 190 g/mol. The zero-order chi connectivity index (χ0) is 8.97. The first kappa shape index (κ1) is 10.0. The third-order valence-corrected chi connectivity index (χ3v) is 2.44. The molecule has 1 aliphatic carbocycles. The van der Waals surface area contributed by atoms with Gasteiger partial charge in [-0.3, -0.25) is 4.90 Å². The van der Waals surface area contributed by atoms with E-state index < -0.39 is 0 Å². The second kappa shape index (κ2) is 4.85. The molecule has 70 valence electrons. The van der Waals surface area contributed by atoms with Crippen LogP contribution in [0.4, 0.5) is 0 Å². The van der Waals surface area contributed by atoms with Crippen LogP contribution >= 0.6 is 11.6 Å². The zero-order valence-corrected chi connectivity index (χ0v) is 8.06.